The Morgan fingerprint density at radius 2 is 1.57 bits per heavy atom. The van der Waals surface area contributed by atoms with E-state index in [-0.39, 0.29) is 11.9 Å². The first-order valence-corrected chi connectivity index (χ1v) is 7.25. The predicted octanol–water partition coefficient (Wildman–Crippen LogP) is 3.23. The quantitative estimate of drug-likeness (QED) is 0.840. The average molecular weight is 276 g/mol. The molecule has 2 aromatic carbocycles. The third-order valence-corrected chi connectivity index (χ3v) is 4.16. The van der Waals surface area contributed by atoms with Crippen molar-refractivity contribution in [3.63, 3.8) is 0 Å². The summed E-state index contributed by atoms with van der Waals surface area (Å²) in [4.78, 5) is 12.0. The van der Waals surface area contributed by atoms with Gasteiger partial charge in [0.1, 0.15) is 0 Å². The molecule has 2 aliphatic heterocycles. The highest BCUT2D eigenvalue weighted by atomic mass is 16.2. The Morgan fingerprint density at radius 3 is 2.29 bits per heavy atom. The zero-order valence-electron chi connectivity index (χ0n) is 11.6. The Morgan fingerprint density at radius 1 is 0.905 bits per heavy atom. The fourth-order valence-corrected chi connectivity index (χ4v) is 3.19. The predicted molar refractivity (Wildman–Crippen MR) is 81.8 cm³/mol. The van der Waals surface area contributed by atoms with Crippen molar-refractivity contribution >= 4 is 11.5 Å². The van der Waals surface area contributed by atoms with Crippen LogP contribution >= 0.6 is 0 Å². The summed E-state index contributed by atoms with van der Waals surface area (Å²) in [6, 6.07) is 20.8. The number of hydrazine groups is 1. The minimum atomic E-state index is 0.125. The van der Waals surface area contributed by atoms with Gasteiger partial charge in [0.15, 0.2) is 0 Å². The van der Waals surface area contributed by atoms with Crippen LogP contribution in [0.15, 0.2) is 66.9 Å². The van der Waals surface area contributed by atoms with E-state index >= 15 is 0 Å². The lowest BCUT2D eigenvalue weighted by molar-refractivity contribution is -0.132. The molecule has 0 N–H and O–H groups in total. The van der Waals surface area contributed by atoms with Gasteiger partial charge in [-0.3, -0.25) is 4.79 Å². The summed E-state index contributed by atoms with van der Waals surface area (Å²) < 4.78 is 0. The normalized spacial score (nSPS) is 21.5. The molecule has 1 fully saturated rings. The van der Waals surface area contributed by atoms with Crippen molar-refractivity contribution in [2.45, 2.75) is 12.5 Å². The summed E-state index contributed by atoms with van der Waals surface area (Å²) in [5.41, 5.74) is 3.59. The molecule has 2 aromatic rings. The number of hydrogen-bond donors (Lipinski definition) is 0. The first kappa shape index (κ1) is 12.4. The minimum Gasteiger partial charge on any atom is -0.273 e. The maximum Gasteiger partial charge on any atom is 0.242 e. The third-order valence-electron chi connectivity index (χ3n) is 4.16. The van der Waals surface area contributed by atoms with E-state index in [1.165, 1.54) is 16.7 Å². The fraction of sp³-hybridized carbons (Fsp3) is 0.167. The van der Waals surface area contributed by atoms with Crippen molar-refractivity contribution in [2.24, 2.45) is 0 Å². The molecule has 2 heterocycles. The van der Waals surface area contributed by atoms with Gasteiger partial charge < -0.3 is 0 Å². The smallest absolute Gasteiger partial charge is 0.242 e. The molecule has 1 amide bonds. The van der Waals surface area contributed by atoms with E-state index in [4.69, 9.17) is 0 Å². The van der Waals surface area contributed by atoms with Crippen molar-refractivity contribution in [1.29, 1.82) is 0 Å². The summed E-state index contributed by atoms with van der Waals surface area (Å²) in [5.74, 6) is 0.182. The molecule has 1 atom stereocenters. The molecule has 0 saturated carbocycles. The number of rotatable bonds is 2. The second-order valence-electron chi connectivity index (χ2n) is 5.42. The minimum absolute atomic E-state index is 0.125. The summed E-state index contributed by atoms with van der Waals surface area (Å²) in [6.07, 6.45) is 2.60. The van der Waals surface area contributed by atoms with E-state index in [0.29, 0.717) is 6.42 Å². The maximum absolute atomic E-state index is 12.0. The molecule has 0 bridgehead atoms. The molecule has 3 heteroatoms. The first-order valence-electron chi connectivity index (χ1n) is 7.25. The first-order chi connectivity index (χ1) is 10.3. The van der Waals surface area contributed by atoms with Crippen LogP contribution in [0.1, 0.15) is 23.6 Å². The van der Waals surface area contributed by atoms with E-state index in [1.54, 1.807) is 5.01 Å². The van der Waals surface area contributed by atoms with Crippen LogP contribution in [0.5, 0.6) is 0 Å². The van der Waals surface area contributed by atoms with Crippen molar-refractivity contribution in [3.8, 4) is 0 Å². The van der Waals surface area contributed by atoms with Gasteiger partial charge in [-0.2, -0.15) is 0 Å². The molecule has 0 aromatic heterocycles. The standard InChI is InChI=1S/C18H16N2O/c21-17-11-12-19-18(15-9-5-2-6-10-15)16(13-20(17)19)14-7-3-1-4-8-14/h1-10,13,18H,11-12H2/t18-/m1/s1. The topological polar surface area (TPSA) is 23.6 Å². The SMILES string of the molecule is O=C1CCN2[C@H](c3ccccc3)C(c3ccccc3)=CN12. The van der Waals surface area contributed by atoms with Crippen LogP contribution < -0.4 is 0 Å². The van der Waals surface area contributed by atoms with Gasteiger partial charge in [0.25, 0.3) is 0 Å². The van der Waals surface area contributed by atoms with Crippen LogP contribution in [0.4, 0.5) is 0 Å². The molecule has 2 aliphatic rings. The molecule has 3 nitrogen and oxygen atoms in total. The van der Waals surface area contributed by atoms with Gasteiger partial charge >= 0.3 is 0 Å². The van der Waals surface area contributed by atoms with Gasteiger partial charge in [-0.1, -0.05) is 60.7 Å². The van der Waals surface area contributed by atoms with Gasteiger partial charge in [0.2, 0.25) is 5.91 Å². The Bertz CT molecular complexity index is 694. The summed E-state index contributed by atoms with van der Waals surface area (Å²) in [7, 11) is 0. The summed E-state index contributed by atoms with van der Waals surface area (Å²) in [5, 5.41) is 3.96. The summed E-state index contributed by atoms with van der Waals surface area (Å²) >= 11 is 0. The van der Waals surface area contributed by atoms with Crippen LogP contribution in [0.3, 0.4) is 0 Å². The molecule has 104 valence electrons. The number of fused-ring (bicyclic) bond motifs is 1. The lowest BCUT2D eigenvalue weighted by atomic mass is 9.94. The number of carbonyl (C=O) groups excluding carboxylic acids is 1. The van der Waals surface area contributed by atoms with Crippen LogP contribution in [-0.4, -0.2) is 22.5 Å². The van der Waals surface area contributed by atoms with Gasteiger partial charge in [-0.25, -0.2) is 10.0 Å². The molecule has 0 aliphatic carbocycles. The maximum atomic E-state index is 12.0. The second kappa shape index (κ2) is 4.86. The van der Waals surface area contributed by atoms with Crippen molar-refractivity contribution in [3.05, 3.63) is 78.0 Å². The van der Waals surface area contributed by atoms with E-state index in [9.17, 15) is 4.79 Å². The van der Waals surface area contributed by atoms with E-state index < -0.39 is 0 Å². The van der Waals surface area contributed by atoms with Gasteiger partial charge in [0.05, 0.1) is 6.04 Å². The van der Waals surface area contributed by atoms with E-state index in [0.717, 1.165) is 6.54 Å². The highest BCUT2D eigenvalue weighted by Gasteiger charge is 2.41. The van der Waals surface area contributed by atoms with Crippen molar-refractivity contribution < 1.29 is 4.79 Å². The van der Waals surface area contributed by atoms with Crippen LogP contribution in [-0.2, 0) is 4.79 Å². The Labute approximate surface area is 124 Å². The highest BCUT2D eigenvalue weighted by Crippen LogP contribution is 2.43. The number of carbonyl (C=O) groups is 1. The molecule has 21 heavy (non-hydrogen) atoms. The largest absolute Gasteiger partial charge is 0.273 e. The van der Waals surface area contributed by atoms with Gasteiger partial charge in [-0.05, 0) is 11.1 Å². The van der Waals surface area contributed by atoms with Crippen LogP contribution in [0.25, 0.3) is 5.57 Å². The lowest BCUT2D eigenvalue weighted by Crippen LogP contribution is -2.32. The zero-order chi connectivity index (χ0) is 14.2. The number of amides is 1. The summed E-state index contributed by atoms with van der Waals surface area (Å²) in [6.45, 7) is 0.783. The van der Waals surface area contributed by atoms with E-state index in [1.807, 2.05) is 30.5 Å². The molecular weight excluding hydrogens is 260 g/mol. The number of hydrogen-bond acceptors (Lipinski definition) is 2. The third kappa shape index (κ3) is 1.98. The Hall–Kier alpha value is -2.39. The molecule has 0 spiro atoms. The van der Waals surface area contributed by atoms with Crippen LogP contribution in [0.2, 0.25) is 0 Å². The molecule has 1 saturated heterocycles. The Kier molecular flexibility index (Phi) is 2.86. The monoisotopic (exact) mass is 276 g/mol. The fourth-order valence-electron chi connectivity index (χ4n) is 3.19. The lowest BCUT2D eigenvalue weighted by Gasteiger charge is -2.27. The number of nitrogens with zero attached hydrogens (tertiary/aromatic N) is 2. The molecular formula is C18H16N2O. The van der Waals surface area contributed by atoms with Gasteiger partial charge in [0, 0.05) is 24.7 Å². The molecule has 0 unspecified atom stereocenters. The molecule has 0 radical (unpaired) electrons. The van der Waals surface area contributed by atoms with Crippen LogP contribution in [0, 0.1) is 0 Å². The second-order valence-corrected chi connectivity index (χ2v) is 5.42. The highest BCUT2D eigenvalue weighted by molar-refractivity contribution is 5.84. The number of benzene rings is 2. The average Bonchev–Trinajstić information content (AvgIpc) is 3.09. The zero-order valence-corrected chi connectivity index (χ0v) is 11.6. The van der Waals surface area contributed by atoms with E-state index in [2.05, 4.69) is 41.4 Å². The molecule has 4 rings (SSSR count). The van der Waals surface area contributed by atoms with Crippen molar-refractivity contribution in [1.82, 2.24) is 10.0 Å². The van der Waals surface area contributed by atoms with Gasteiger partial charge in [-0.15, -0.1) is 0 Å². The van der Waals surface area contributed by atoms with Crippen molar-refractivity contribution in [2.75, 3.05) is 6.54 Å². The Balaban J connectivity index is 1.82.